The molecule has 0 aliphatic carbocycles. The van der Waals surface area contributed by atoms with Crippen LogP contribution in [0.4, 0.5) is 11.4 Å². The summed E-state index contributed by atoms with van der Waals surface area (Å²) in [7, 11) is 0. The molecule has 0 spiro atoms. The minimum absolute atomic E-state index is 0.150. The fourth-order valence-corrected chi connectivity index (χ4v) is 3.63. The van der Waals surface area contributed by atoms with Crippen molar-refractivity contribution in [3.05, 3.63) is 96.1 Å². The molecule has 0 bridgehead atoms. The molecule has 0 amide bonds. The van der Waals surface area contributed by atoms with Gasteiger partial charge in [-0.25, -0.2) is 9.59 Å². The molecule has 4 aromatic carbocycles. The quantitative estimate of drug-likeness (QED) is 0.324. The lowest BCUT2D eigenvalue weighted by Crippen LogP contribution is -2.00. The minimum atomic E-state index is -1.03. The first-order chi connectivity index (χ1) is 15.3. The van der Waals surface area contributed by atoms with E-state index >= 15 is 0 Å². The predicted molar refractivity (Wildman–Crippen MR) is 125 cm³/mol. The van der Waals surface area contributed by atoms with E-state index in [1.807, 2.05) is 24.3 Å². The number of nitrogen functional groups attached to an aromatic ring is 2. The van der Waals surface area contributed by atoms with Gasteiger partial charge in [-0.3, -0.25) is 0 Å². The van der Waals surface area contributed by atoms with Crippen LogP contribution in [-0.2, 0) is 0 Å². The van der Waals surface area contributed by atoms with E-state index in [-0.39, 0.29) is 11.1 Å². The van der Waals surface area contributed by atoms with E-state index in [2.05, 4.69) is 0 Å². The number of carboxylic acid groups (broad SMARTS) is 2. The van der Waals surface area contributed by atoms with Crippen molar-refractivity contribution >= 4 is 23.3 Å². The van der Waals surface area contributed by atoms with Gasteiger partial charge in [0.15, 0.2) is 0 Å². The normalized spacial score (nSPS) is 10.6. The van der Waals surface area contributed by atoms with Crippen LogP contribution in [-0.4, -0.2) is 22.2 Å². The zero-order valence-electron chi connectivity index (χ0n) is 16.9. The molecule has 6 N–H and O–H groups in total. The molecular formula is C26H20N2O4. The number of hydrogen-bond donors (Lipinski definition) is 4. The molecule has 0 saturated heterocycles. The van der Waals surface area contributed by atoms with Crippen molar-refractivity contribution < 1.29 is 19.8 Å². The summed E-state index contributed by atoms with van der Waals surface area (Å²) in [6.45, 7) is 0. The van der Waals surface area contributed by atoms with Gasteiger partial charge in [-0.05, 0) is 81.9 Å². The molecule has 0 atom stereocenters. The van der Waals surface area contributed by atoms with Crippen LogP contribution in [0.5, 0.6) is 0 Å². The van der Waals surface area contributed by atoms with Gasteiger partial charge in [-0.1, -0.05) is 36.4 Å². The van der Waals surface area contributed by atoms with Crippen LogP contribution >= 0.6 is 0 Å². The predicted octanol–water partition coefficient (Wildman–Crippen LogP) is 5.25. The summed E-state index contributed by atoms with van der Waals surface area (Å²) < 4.78 is 0. The topological polar surface area (TPSA) is 127 Å². The van der Waals surface area contributed by atoms with Gasteiger partial charge < -0.3 is 21.7 Å². The first-order valence-corrected chi connectivity index (χ1v) is 9.80. The smallest absolute Gasteiger partial charge is 0.335 e. The average Bonchev–Trinajstić information content (AvgIpc) is 2.79. The molecule has 0 aliphatic rings. The van der Waals surface area contributed by atoms with Gasteiger partial charge in [0.25, 0.3) is 0 Å². The summed E-state index contributed by atoms with van der Waals surface area (Å²) in [6.07, 6.45) is 0. The number of aromatic carboxylic acids is 2. The van der Waals surface area contributed by atoms with Gasteiger partial charge in [0.2, 0.25) is 0 Å². The summed E-state index contributed by atoms with van der Waals surface area (Å²) in [5, 5.41) is 19.0. The van der Waals surface area contributed by atoms with E-state index < -0.39 is 11.9 Å². The highest BCUT2D eigenvalue weighted by molar-refractivity contribution is 5.98. The molecule has 0 heterocycles. The lowest BCUT2D eigenvalue weighted by Gasteiger charge is -2.16. The zero-order chi connectivity index (χ0) is 22.8. The highest BCUT2D eigenvalue weighted by atomic mass is 16.4. The van der Waals surface area contributed by atoms with Crippen molar-refractivity contribution in [1.82, 2.24) is 0 Å². The first-order valence-electron chi connectivity index (χ1n) is 9.80. The number of anilines is 2. The minimum Gasteiger partial charge on any atom is -0.478 e. The van der Waals surface area contributed by atoms with Crippen molar-refractivity contribution in [3.8, 4) is 33.4 Å². The van der Waals surface area contributed by atoms with E-state index in [4.69, 9.17) is 11.5 Å². The Bertz CT molecular complexity index is 1220. The number of benzene rings is 4. The maximum atomic E-state index is 11.6. The highest BCUT2D eigenvalue weighted by Crippen LogP contribution is 2.39. The number of rotatable bonds is 5. The van der Waals surface area contributed by atoms with Gasteiger partial charge in [-0.15, -0.1) is 0 Å². The lowest BCUT2D eigenvalue weighted by atomic mass is 9.87. The molecule has 4 rings (SSSR count). The summed E-state index contributed by atoms with van der Waals surface area (Å²) in [5.41, 5.74) is 17.7. The molecule has 0 aromatic heterocycles. The fourth-order valence-electron chi connectivity index (χ4n) is 3.63. The van der Waals surface area contributed by atoms with Crippen LogP contribution in [0, 0.1) is 0 Å². The third-order valence-corrected chi connectivity index (χ3v) is 5.27. The number of carboxylic acids is 2. The monoisotopic (exact) mass is 424 g/mol. The number of carbonyl (C=O) groups is 2. The Morgan fingerprint density at radius 2 is 0.844 bits per heavy atom. The molecule has 6 heteroatoms. The van der Waals surface area contributed by atoms with E-state index in [1.54, 1.807) is 48.5 Å². The molecule has 32 heavy (non-hydrogen) atoms. The van der Waals surface area contributed by atoms with Crippen LogP contribution in [0.15, 0.2) is 84.9 Å². The Labute approximate surface area is 184 Å². The van der Waals surface area contributed by atoms with Crippen molar-refractivity contribution in [3.63, 3.8) is 0 Å². The van der Waals surface area contributed by atoms with Gasteiger partial charge in [0.1, 0.15) is 0 Å². The largest absolute Gasteiger partial charge is 0.478 e. The molecule has 0 aliphatic heterocycles. The molecule has 0 unspecified atom stereocenters. The van der Waals surface area contributed by atoms with E-state index in [9.17, 15) is 19.8 Å². The average molecular weight is 424 g/mol. The Morgan fingerprint density at radius 1 is 0.500 bits per heavy atom. The van der Waals surface area contributed by atoms with Crippen LogP contribution in [0.2, 0.25) is 0 Å². The van der Waals surface area contributed by atoms with E-state index in [1.165, 1.54) is 12.1 Å². The van der Waals surface area contributed by atoms with Crippen LogP contribution < -0.4 is 11.5 Å². The van der Waals surface area contributed by atoms with Crippen LogP contribution in [0.1, 0.15) is 20.7 Å². The van der Waals surface area contributed by atoms with Crippen molar-refractivity contribution in [2.24, 2.45) is 0 Å². The molecule has 4 aromatic rings. The summed E-state index contributed by atoms with van der Waals surface area (Å²) >= 11 is 0. The number of nitrogens with two attached hydrogens (primary N) is 2. The Hall–Kier alpha value is -4.58. The van der Waals surface area contributed by atoms with Crippen molar-refractivity contribution in [2.75, 3.05) is 11.5 Å². The van der Waals surface area contributed by atoms with Gasteiger partial charge >= 0.3 is 11.9 Å². The summed E-state index contributed by atoms with van der Waals surface area (Å²) in [6, 6.07) is 24.1. The third-order valence-electron chi connectivity index (χ3n) is 5.27. The Kier molecular flexibility index (Phi) is 5.35. The SMILES string of the molecule is Nc1ccc(-c2cc(C(=O)O)ccc2-c2ccc(C(=O)O)cc2-c2ccc(N)cc2)cc1. The molecule has 0 fully saturated rings. The van der Waals surface area contributed by atoms with Gasteiger partial charge in [0.05, 0.1) is 11.1 Å². The molecular weight excluding hydrogens is 404 g/mol. The van der Waals surface area contributed by atoms with Crippen LogP contribution in [0.3, 0.4) is 0 Å². The zero-order valence-corrected chi connectivity index (χ0v) is 16.9. The maximum Gasteiger partial charge on any atom is 0.335 e. The van der Waals surface area contributed by atoms with Crippen molar-refractivity contribution in [1.29, 1.82) is 0 Å². The maximum absolute atomic E-state index is 11.6. The Morgan fingerprint density at radius 3 is 1.16 bits per heavy atom. The fraction of sp³-hybridized carbons (Fsp3) is 0. The molecule has 0 saturated carbocycles. The van der Waals surface area contributed by atoms with E-state index in [0.29, 0.717) is 22.5 Å². The number of hydrogen-bond acceptors (Lipinski definition) is 4. The van der Waals surface area contributed by atoms with Crippen LogP contribution in [0.25, 0.3) is 33.4 Å². The first kappa shape index (κ1) is 20.7. The molecule has 158 valence electrons. The molecule has 6 nitrogen and oxygen atoms in total. The second-order valence-corrected chi connectivity index (χ2v) is 7.38. The van der Waals surface area contributed by atoms with Gasteiger partial charge in [0, 0.05) is 11.4 Å². The highest BCUT2D eigenvalue weighted by Gasteiger charge is 2.17. The third kappa shape index (κ3) is 4.02. The second kappa shape index (κ2) is 8.28. The second-order valence-electron chi connectivity index (χ2n) is 7.38. The Balaban J connectivity index is 2.00. The van der Waals surface area contributed by atoms with Crippen molar-refractivity contribution in [2.45, 2.75) is 0 Å². The summed E-state index contributed by atoms with van der Waals surface area (Å²) in [5.74, 6) is -2.07. The lowest BCUT2D eigenvalue weighted by molar-refractivity contribution is 0.0686. The molecule has 0 radical (unpaired) electrons. The standard InChI is InChI=1S/C26H20N2O4/c27-19-7-1-15(2-8-19)23-13-17(25(29)30)5-11-21(23)22-12-6-18(26(31)32)14-24(22)16-3-9-20(28)10-4-16/h1-14H,27-28H2,(H,29,30)(H,31,32). The van der Waals surface area contributed by atoms with Gasteiger partial charge in [-0.2, -0.15) is 0 Å². The van der Waals surface area contributed by atoms with E-state index in [0.717, 1.165) is 22.3 Å². The summed E-state index contributed by atoms with van der Waals surface area (Å²) in [4.78, 5) is 23.3.